The lowest BCUT2D eigenvalue weighted by Crippen LogP contribution is -2.41. The molecule has 126 valence electrons. The van der Waals surface area contributed by atoms with Gasteiger partial charge in [0.1, 0.15) is 6.54 Å². The van der Waals surface area contributed by atoms with Crippen molar-refractivity contribution in [2.75, 3.05) is 13.1 Å². The lowest BCUT2D eigenvalue weighted by molar-refractivity contribution is -0.133. The number of hydrogen-bond donors (Lipinski definition) is 0. The fourth-order valence-electron chi connectivity index (χ4n) is 3.32. The summed E-state index contributed by atoms with van der Waals surface area (Å²) in [5.41, 5.74) is 1.27. The smallest absolute Gasteiger partial charge is 0.250 e. The van der Waals surface area contributed by atoms with Crippen LogP contribution in [0.4, 0.5) is 0 Å². The van der Waals surface area contributed by atoms with E-state index in [4.69, 9.17) is 0 Å². The number of piperidine rings is 1. The molecule has 0 atom stereocenters. The molecule has 1 aliphatic rings. The summed E-state index contributed by atoms with van der Waals surface area (Å²) >= 11 is 0. The number of likely N-dealkylation sites (tertiary alicyclic amines) is 1. The Morgan fingerprint density at radius 1 is 1.00 bits per heavy atom. The molecule has 0 N–H and O–H groups in total. The lowest BCUT2D eigenvalue weighted by Gasteiger charge is -2.32. The number of amides is 1. The van der Waals surface area contributed by atoms with E-state index in [9.17, 15) is 9.59 Å². The van der Waals surface area contributed by atoms with Crippen LogP contribution in [0.3, 0.4) is 0 Å². The van der Waals surface area contributed by atoms with E-state index in [-0.39, 0.29) is 18.0 Å². The van der Waals surface area contributed by atoms with E-state index in [0.717, 1.165) is 32.4 Å². The first kappa shape index (κ1) is 16.5. The van der Waals surface area contributed by atoms with Crippen LogP contribution >= 0.6 is 0 Å². The number of benzene rings is 1. The normalized spacial score (nSPS) is 15.4. The molecule has 0 aliphatic carbocycles. The Kier molecular flexibility index (Phi) is 5.47. The molecule has 1 fully saturated rings. The Labute approximate surface area is 142 Å². The summed E-state index contributed by atoms with van der Waals surface area (Å²) in [7, 11) is 0. The maximum atomic E-state index is 12.4. The molecule has 1 aliphatic heterocycles. The maximum absolute atomic E-state index is 12.4. The van der Waals surface area contributed by atoms with Crippen molar-refractivity contribution < 1.29 is 4.79 Å². The molecule has 1 aromatic heterocycles. The quantitative estimate of drug-likeness (QED) is 0.849. The standard InChI is InChI=1S/C20H24N2O2/c23-19-8-4-5-13-22(19)16-20(24)21-14-11-18(12-15-21)10-9-17-6-2-1-3-7-17/h1-8,13,18H,9-12,14-16H2. The molecule has 1 amide bonds. The fraction of sp³-hybridized carbons (Fsp3) is 0.400. The van der Waals surface area contributed by atoms with Crippen LogP contribution in [0, 0.1) is 5.92 Å². The van der Waals surface area contributed by atoms with Crippen LogP contribution in [-0.4, -0.2) is 28.5 Å². The van der Waals surface area contributed by atoms with Gasteiger partial charge >= 0.3 is 0 Å². The largest absolute Gasteiger partial charge is 0.341 e. The molecule has 0 bridgehead atoms. The number of nitrogens with zero attached hydrogens (tertiary/aromatic N) is 2. The minimum atomic E-state index is -0.122. The zero-order valence-corrected chi connectivity index (χ0v) is 13.9. The highest BCUT2D eigenvalue weighted by Crippen LogP contribution is 2.22. The van der Waals surface area contributed by atoms with Gasteiger partial charge in [0, 0.05) is 25.4 Å². The van der Waals surface area contributed by atoms with Crippen molar-refractivity contribution in [3.05, 3.63) is 70.6 Å². The second-order valence-corrected chi connectivity index (χ2v) is 6.52. The van der Waals surface area contributed by atoms with Gasteiger partial charge in [-0.15, -0.1) is 0 Å². The zero-order valence-electron chi connectivity index (χ0n) is 13.9. The molecular formula is C20H24N2O2. The van der Waals surface area contributed by atoms with Crippen molar-refractivity contribution in [1.29, 1.82) is 0 Å². The molecule has 0 unspecified atom stereocenters. The van der Waals surface area contributed by atoms with E-state index >= 15 is 0 Å². The Bertz CT molecular complexity index is 716. The van der Waals surface area contributed by atoms with Crippen molar-refractivity contribution in [1.82, 2.24) is 9.47 Å². The molecule has 24 heavy (non-hydrogen) atoms. The summed E-state index contributed by atoms with van der Waals surface area (Å²) < 4.78 is 1.48. The van der Waals surface area contributed by atoms with Crippen molar-refractivity contribution in [3.63, 3.8) is 0 Å². The molecule has 1 aromatic carbocycles. The van der Waals surface area contributed by atoms with E-state index in [1.807, 2.05) is 11.0 Å². The van der Waals surface area contributed by atoms with Crippen LogP contribution in [0.1, 0.15) is 24.8 Å². The highest BCUT2D eigenvalue weighted by molar-refractivity contribution is 5.76. The van der Waals surface area contributed by atoms with Crippen LogP contribution in [0.2, 0.25) is 0 Å². The van der Waals surface area contributed by atoms with Crippen LogP contribution in [0.25, 0.3) is 0 Å². The molecule has 0 spiro atoms. The van der Waals surface area contributed by atoms with Gasteiger partial charge in [-0.1, -0.05) is 36.4 Å². The lowest BCUT2D eigenvalue weighted by atomic mass is 9.90. The molecular weight excluding hydrogens is 300 g/mol. The molecule has 4 nitrogen and oxygen atoms in total. The number of aryl methyl sites for hydroxylation is 1. The summed E-state index contributed by atoms with van der Waals surface area (Å²) in [6.45, 7) is 1.76. The van der Waals surface area contributed by atoms with E-state index in [0.29, 0.717) is 5.92 Å². The molecule has 1 saturated heterocycles. The van der Waals surface area contributed by atoms with Gasteiger partial charge in [-0.25, -0.2) is 0 Å². The summed E-state index contributed by atoms with van der Waals surface area (Å²) in [6.07, 6.45) is 6.08. The summed E-state index contributed by atoms with van der Waals surface area (Å²) in [6, 6.07) is 15.5. The van der Waals surface area contributed by atoms with Gasteiger partial charge in [0.15, 0.2) is 0 Å². The van der Waals surface area contributed by atoms with Gasteiger partial charge in [-0.05, 0) is 43.2 Å². The van der Waals surface area contributed by atoms with Crippen molar-refractivity contribution in [2.45, 2.75) is 32.2 Å². The third kappa shape index (κ3) is 4.34. The number of rotatable bonds is 5. The predicted octanol–water partition coefficient (Wildman–Crippen LogP) is 2.72. The minimum Gasteiger partial charge on any atom is -0.341 e. The highest BCUT2D eigenvalue weighted by Gasteiger charge is 2.22. The average molecular weight is 324 g/mol. The minimum absolute atomic E-state index is 0.0461. The highest BCUT2D eigenvalue weighted by atomic mass is 16.2. The first-order chi connectivity index (χ1) is 11.7. The van der Waals surface area contributed by atoms with Gasteiger partial charge < -0.3 is 9.47 Å². The Morgan fingerprint density at radius 2 is 1.71 bits per heavy atom. The number of pyridine rings is 1. The first-order valence-electron chi connectivity index (χ1n) is 8.69. The van der Waals surface area contributed by atoms with Crippen LogP contribution in [0.5, 0.6) is 0 Å². The first-order valence-corrected chi connectivity index (χ1v) is 8.69. The number of carbonyl (C=O) groups excluding carboxylic acids is 1. The van der Waals surface area contributed by atoms with E-state index in [2.05, 4.69) is 24.3 Å². The molecule has 3 rings (SSSR count). The number of carbonyl (C=O) groups is 1. The van der Waals surface area contributed by atoms with Gasteiger partial charge in [0.05, 0.1) is 0 Å². The van der Waals surface area contributed by atoms with E-state index in [1.165, 1.54) is 22.6 Å². The molecule has 2 aromatic rings. The van der Waals surface area contributed by atoms with E-state index in [1.54, 1.807) is 18.3 Å². The summed E-state index contributed by atoms with van der Waals surface area (Å²) in [4.78, 5) is 26.0. The second-order valence-electron chi connectivity index (χ2n) is 6.52. The third-order valence-corrected chi connectivity index (χ3v) is 4.86. The van der Waals surface area contributed by atoms with Gasteiger partial charge in [0.25, 0.3) is 5.56 Å². The van der Waals surface area contributed by atoms with Crippen LogP contribution in [-0.2, 0) is 17.8 Å². The van der Waals surface area contributed by atoms with Crippen molar-refractivity contribution >= 4 is 5.91 Å². The third-order valence-electron chi connectivity index (χ3n) is 4.86. The fourth-order valence-corrected chi connectivity index (χ4v) is 3.32. The molecule has 0 radical (unpaired) electrons. The number of hydrogen-bond acceptors (Lipinski definition) is 2. The summed E-state index contributed by atoms with van der Waals surface area (Å²) in [5.74, 6) is 0.735. The maximum Gasteiger partial charge on any atom is 0.250 e. The molecule has 0 saturated carbocycles. The average Bonchev–Trinajstić information content (AvgIpc) is 2.63. The zero-order chi connectivity index (χ0) is 16.8. The van der Waals surface area contributed by atoms with Gasteiger partial charge in [0.2, 0.25) is 5.91 Å². The Morgan fingerprint density at radius 3 is 2.42 bits per heavy atom. The molecule has 2 heterocycles. The second kappa shape index (κ2) is 7.95. The van der Waals surface area contributed by atoms with Crippen molar-refractivity contribution in [2.24, 2.45) is 5.92 Å². The SMILES string of the molecule is O=C(Cn1ccccc1=O)N1CCC(CCc2ccccc2)CC1. The van der Waals surface area contributed by atoms with Gasteiger partial charge in [-0.2, -0.15) is 0 Å². The predicted molar refractivity (Wildman–Crippen MR) is 94.8 cm³/mol. The molecule has 4 heteroatoms. The topological polar surface area (TPSA) is 42.3 Å². The number of aromatic nitrogens is 1. The van der Waals surface area contributed by atoms with Crippen molar-refractivity contribution in [3.8, 4) is 0 Å². The monoisotopic (exact) mass is 324 g/mol. The Balaban J connectivity index is 1.45. The Hall–Kier alpha value is -2.36. The summed E-state index contributed by atoms with van der Waals surface area (Å²) in [5, 5.41) is 0. The van der Waals surface area contributed by atoms with Crippen LogP contribution < -0.4 is 5.56 Å². The van der Waals surface area contributed by atoms with E-state index < -0.39 is 0 Å². The van der Waals surface area contributed by atoms with Gasteiger partial charge in [-0.3, -0.25) is 9.59 Å². The van der Waals surface area contributed by atoms with Crippen LogP contribution in [0.15, 0.2) is 59.5 Å².